The Morgan fingerprint density at radius 3 is 2.47 bits per heavy atom. The highest BCUT2D eigenvalue weighted by molar-refractivity contribution is 5.87. The molecule has 34 heavy (non-hydrogen) atoms. The summed E-state index contributed by atoms with van der Waals surface area (Å²) >= 11 is 0. The molecule has 2 N–H and O–H groups in total. The van der Waals surface area contributed by atoms with Crippen molar-refractivity contribution in [1.29, 1.82) is 0 Å². The molecular formula is C22H13F3N6O3. The van der Waals surface area contributed by atoms with Gasteiger partial charge in [0.15, 0.2) is 0 Å². The van der Waals surface area contributed by atoms with E-state index in [0.717, 1.165) is 29.1 Å². The van der Waals surface area contributed by atoms with Crippen LogP contribution in [0.4, 0.5) is 13.2 Å². The molecular weight excluding hydrogens is 453 g/mol. The van der Waals surface area contributed by atoms with Gasteiger partial charge in [0.25, 0.3) is 5.95 Å². The summed E-state index contributed by atoms with van der Waals surface area (Å²) in [5, 5.41) is 27.4. The summed E-state index contributed by atoms with van der Waals surface area (Å²) in [5.74, 6) is -4.12. The van der Waals surface area contributed by atoms with Gasteiger partial charge in [-0.15, -0.1) is 0 Å². The van der Waals surface area contributed by atoms with Crippen LogP contribution >= 0.6 is 0 Å². The maximum absolute atomic E-state index is 14.8. The van der Waals surface area contributed by atoms with E-state index >= 15 is 0 Å². The van der Waals surface area contributed by atoms with Crippen LogP contribution in [0.15, 0.2) is 55.0 Å². The van der Waals surface area contributed by atoms with Crippen molar-refractivity contribution in [3.63, 3.8) is 0 Å². The fourth-order valence-electron chi connectivity index (χ4n) is 3.49. The second kappa shape index (κ2) is 7.99. The van der Waals surface area contributed by atoms with Gasteiger partial charge < -0.3 is 10.2 Å². The first-order valence-electron chi connectivity index (χ1n) is 9.75. The molecule has 0 saturated heterocycles. The van der Waals surface area contributed by atoms with Gasteiger partial charge in [-0.1, -0.05) is 18.2 Å². The van der Waals surface area contributed by atoms with E-state index in [0.29, 0.717) is 0 Å². The summed E-state index contributed by atoms with van der Waals surface area (Å²) < 4.78 is 45.8. The smallest absolute Gasteiger partial charge is 0.338 e. The summed E-state index contributed by atoms with van der Waals surface area (Å²) in [4.78, 5) is 19.1. The standard InChI is InChI=1S/C22H13F3N6O3/c23-15-4-2-1-3-13(15)14-6-16(24)11(5-17(14)25)9-30-19-18(8-27-30)28-22(29-20(19)32)31-10-12(7-26-31)21(33)34/h1-8,10H,9H2,(H,33,34)(H,28,29,32). The molecule has 0 saturated carbocycles. The van der Waals surface area contributed by atoms with Crippen molar-refractivity contribution >= 4 is 17.0 Å². The van der Waals surface area contributed by atoms with Gasteiger partial charge in [0.05, 0.1) is 24.5 Å². The van der Waals surface area contributed by atoms with Gasteiger partial charge in [-0.3, -0.25) is 4.68 Å². The lowest BCUT2D eigenvalue weighted by Gasteiger charge is -2.10. The topological polar surface area (TPSA) is 119 Å². The zero-order chi connectivity index (χ0) is 24.0. The predicted molar refractivity (Wildman–Crippen MR) is 112 cm³/mol. The lowest BCUT2D eigenvalue weighted by Crippen LogP contribution is -2.07. The van der Waals surface area contributed by atoms with Crippen LogP contribution in [0.1, 0.15) is 15.9 Å². The number of carbonyl (C=O) groups is 1. The highest BCUT2D eigenvalue weighted by Crippen LogP contribution is 2.29. The van der Waals surface area contributed by atoms with E-state index in [-0.39, 0.29) is 45.8 Å². The molecule has 0 bridgehead atoms. The van der Waals surface area contributed by atoms with Crippen molar-refractivity contribution in [2.75, 3.05) is 0 Å². The van der Waals surface area contributed by atoms with Crippen molar-refractivity contribution in [3.8, 4) is 23.0 Å². The normalized spacial score (nSPS) is 11.3. The van der Waals surface area contributed by atoms with Gasteiger partial charge >= 0.3 is 5.97 Å². The van der Waals surface area contributed by atoms with Crippen LogP contribution in [-0.4, -0.2) is 45.7 Å². The number of hydrogen-bond donors (Lipinski definition) is 2. The highest BCUT2D eigenvalue weighted by Gasteiger charge is 2.19. The molecule has 9 nitrogen and oxygen atoms in total. The first-order valence-corrected chi connectivity index (χ1v) is 9.75. The Bertz CT molecular complexity index is 1580. The molecule has 170 valence electrons. The molecule has 0 unspecified atom stereocenters. The third-order valence-corrected chi connectivity index (χ3v) is 5.11. The predicted octanol–water partition coefficient (Wildman–Crippen LogP) is 3.55. The number of rotatable bonds is 5. The number of carboxylic acids is 1. The lowest BCUT2D eigenvalue weighted by atomic mass is 10.0. The van der Waals surface area contributed by atoms with E-state index in [1.54, 1.807) is 0 Å². The average Bonchev–Trinajstić information content (AvgIpc) is 3.45. The molecule has 3 heterocycles. The molecule has 12 heteroatoms. The summed E-state index contributed by atoms with van der Waals surface area (Å²) in [6.07, 6.45) is 3.55. The molecule has 5 aromatic rings. The average molecular weight is 466 g/mol. The number of benzene rings is 2. The maximum Gasteiger partial charge on any atom is 0.338 e. The highest BCUT2D eigenvalue weighted by atomic mass is 19.1. The third kappa shape index (κ3) is 3.60. The molecule has 0 aliphatic heterocycles. The fraction of sp³-hybridized carbons (Fsp3) is 0.0455. The number of nitrogens with zero attached hydrogens (tertiary/aromatic N) is 6. The molecule has 0 aliphatic rings. The molecule has 0 amide bonds. The first-order chi connectivity index (χ1) is 16.3. The summed E-state index contributed by atoms with van der Waals surface area (Å²) in [6, 6.07) is 7.30. The lowest BCUT2D eigenvalue weighted by molar-refractivity contribution is 0.0697. The number of aromatic hydroxyl groups is 1. The fourth-order valence-corrected chi connectivity index (χ4v) is 3.49. The molecule has 5 rings (SSSR count). The van der Waals surface area contributed by atoms with Crippen LogP contribution < -0.4 is 0 Å². The third-order valence-electron chi connectivity index (χ3n) is 5.11. The second-order valence-electron chi connectivity index (χ2n) is 7.27. The van der Waals surface area contributed by atoms with E-state index in [9.17, 15) is 23.1 Å². The van der Waals surface area contributed by atoms with Gasteiger partial charge in [-0.25, -0.2) is 27.6 Å². The molecule has 0 atom stereocenters. The molecule has 2 aromatic carbocycles. The number of carboxylic acid groups (broad SMARTS) is 1. The van der Waals surface area contributed by atoms with E-state index in [2.05, 4.69) is 20.2 Å². The number of fused-ring (bicyclic) bond motifs is 1. The van der Waals surface area contributed by atoms with E-state index in [1.165, 1.54) is 35.3 Å². The number of aromatic nitrogens is 6. The van der Waals surface area contributed by atoms with Crippen LogP contribution in [0.2, 0.25) is 0 Å². The van der Waals surface area contributed by atoms with Crippen LogP contribution in [-0.2, 0) is 6.54 Å². The number of halogens is 3. The maximum atomic E-state index is 14.8. The molecule has 0 spiro atoms. The minimum absolute atomic E-state index is 0.0485. The van der Waals surface area contributed by atoms with E-state index in [1.807, 2.05) is 0 Å². The van der Waals surface area contributed by atoms with Crippen molar-refractivity contribution in [1.82, 2.24) is 29.5 Å². The van der Waals surface area contributed by atoms with Gasteiger partial charge in [0, 0.05) is 22.9 Å². The Morgan fingerprint density at radius 1 is 0.941 bits per heavy atom. The van der Waals surface area contributed by atoms with Crippen LogP contribution in [0.5, 0.6) is 5.88 Å². The van der Waals surface area contributed by atoms with Gasteiger partial charge in [0.2, 0.25) is 5.88 Å². The second-order valence-corrected chi connectivity index (χ2v) is 7.27. The van der Waals surface area contributed by atoms with Crippen molar-refractivity contribution in [2.24, 2.45) is 0 Å². The van der Waals surface area contributed by atoms with Gasteiger partial charge in [-0.05, 0) is 18.2 Å². The summed E-state index contributed by atoms with van der Waals surface area (Å²) in [6.45, 7) is -0.273. The van der Waals surface area contributed by atoms with Crippen LogP contribution in [0, 0.1) is 17.5 Å². The van der Waals surface area contributed by atoms with Gasteiger partial charge in [-0.2, -0.15) is 15.2 Å². The molecule has 0 fully saturated rings. The Morgan fingerprint density at radius 2 is 1.74 bits per heavy atom. The Kier molecular flexibility index (Phi) is 4.97. The van der Waals surface area contributed by atoms with E-state index < -0.39 is 29.3 Å². The monoisotopic (exact) mass is 466 g/mol. The Hall–Kier alpha value is -4.74. The quantitative estimate of drug-likeness (QED) is 0.407. The zero-order valence-corrected chi connectivity index (χ0v) is 17.0. The number of hydrogen-bond acceptors (Lipinski definition) is 6. The van der Waals surface area contributed by atoms with Gasteiger partial charge in [0.1, 0.15) is 28.5 Å². The number of aromatic carboxylic acids is 1. The Balaban J connectivity index is 1.50. The van der Waals surface area contributed by atoms with Crippen LogP contribution in [0.3, 0.4) is 0 Å². The summed E-state index contributed by atoms with van der Waals surface area (Å²) in [5.41, 5.74) is -0.274. The first kappa shape index (κ1) is 21.1. The van der Waals surface area contributed by atoms with Crippen molar-refractivity contribution < 1.29 is 28.2 Å². The Labute approximate surface area is 188 Å². The minimum Gasteiger partial charge on any atom is -0.492 e. The van der Waals surface area contributed by atoms with Crippen LogP contribution in [0.25, 0.3) is 28.1 Å². The molecule has 0 aliphatic carbocycles. The largest absolute Gasteiger partial charge is 0.492 e. The molecule has 0 radical (unpaired) electrons. The minimum atomic E-state index is -1.19. The van der Waals surface area contributed by atoms with E-state index in [4.69, 9.17) is 5.11 Å². The van der Waals surface area contributed by atoms with Crippen molar-refractivity contribution in [3.05, 3.63) is 83.6 Å². The van der Waals surface area contributed by atoms with Crippen molar-refractivity contribution in [2.45, 2.75) is 6.54 Å². The molecule has 3 aromatic heterocycles. The summed E-state index contributed by atoms with van der Waals surface area (Å²) in [7, 11) is 0. The zero-order valence-electron chi connectivity index (χ0n) is 17.0. The SMILES string of the molecule is O=C(O)c1cnn(-c2nc(O)c3c(cnn3Cc3cc(F)c(-c4ccccc4F)cc3F)n2)c1.